The Morgan fingerprint density at radius 1 is 1.39 bits per heavy atom. The van der Waals surface area contributed by atoms with Crippen LogP contribution in [0.1, 0.15) is 28.8 Å². The van der Waals surface area contributed by atoms with Gasteiger partial charge in [-0.25, -0.2) is 0 Å². The molecule has 0 aliphatic carbocycles. The smallest absolute Gasteiger partial charge is 0.251 e. The van der Waals surface area contributed by atoms with Crippen molar-refractivity contribution in [3.63, 3.8) is 0 Å². The van der Waals surface area contributed by atoms with Crippen LogP contribution in [0.15, 0.2) is 24.3 Å². The third kappa shape index (κ3) is 3.55. The maximum atomic E-state index is 11.4. The Hall–Kier alpha value is -1.39. The molecule has 1 aliphatic heterocycles. The lowest BCUT2D eigenvalue weighted by Crippen LogP contribution is -2.25. The summed E-state index contributed by atoms with van der Waals surface area (Å²) in [7, 11) is 1.64. The second kappa shape index (κ2) is 6.52. The normalized spacial score (nSPS) is 18.8. The lowest BCUT2D eigenvalue weighted by molar-refractivity contribution is 0.0963. The molecule has 1 heterocycles. The first-order chi connectivity index (χ1) is 8.79. The number of carbonyl (C=O) groups is 1. The van der Waals surface area contributed by atoms with Crippen LogP contribution >= 0.6 is 0 Å². The molecule has 1 aromatic rings. The zero-order valence-corrected chi connectivity index (χ0v) is 10.7. The lowest BCUT2D eigenvalue weighted by atomic mass is 10.1. The first-order valence-electron chi connectivity index (χ1n) is 6.43. The molecule has 4 heteroatoms. The Morgan fingerprint density at radius 2 is 2.17 bits per heavy atom. The average molecular weight is 248 g/mol. The Labute approximate surface area is 108 Å². The molecule has 0 radical (unpaired) electrons. The number of benzene rings is 1. The molecule has 2 N–H and O–H groups in total. The fourth-order valence-electron chi connectivity index (χ4n) is 2.10. The van der Waals surface area contributed by atoms with E-state index >= 15 is 0 Å². The largest absolute Gasteiger partial charge is 0.377 e. The van der Waals surface area contributed by atoms with Crippen LogP contribution < -0.4 is 10.6 Å². The van der Waals surface area contributed by atoms with E-state index in [2.05, 4.69) is 10.6 Å². The Bertz CT molecular complexity index is 383. The fraction of sp³-hybridized carbons (Fsp3) is 0.500. The van der Waals surface area contributed by atoms with E-state index in [0.717, 1.165) is 26.1 Å². The zero-order chi connectivity index (χ0) is 12.8. The summed E-state index contributed by atoms with van der Waals surface area (Å²) in [6.07, 6.45) is 2.70. The summed E-state index contributed by atoms with van der Waals surface area (Å²) in [4.78, 5) is 11.4. The molecule has 0 aromatic heterocycles. The molecule has 98 valence electrons. The zero-order valence-electron chi connectivity index (χ0n) is 10.7. The van der Waals surface area contributed by atoms with Gasteiger partial charge in [0.15, 0.2) is 0 Å². The molecule has 1 amide bonds. The predicted molar refractivity (Wildman–Crippen MR) is 70.5 cm³/mol. The minimum Gasteiger partial charge on any atom is -0.377 e. The van der Waals surface area contributed by atoms with E-state index in [0.29, 0.717) is 11.7 Å². The van der Waals surface area contributed by atoms with Crippen molar-refractivity contribution >= 4 is 5.91 Å². The van der Waals surface area contributed by atoms with Gasteiger partial charge in [0.2, 0.25) is 0 Å². The van der Waals surface area contributed by atoms with Crippen LogP contribution in [0, 0.1) is 0 Å². The van der Waals surface area contributed by atoms with E-state index in [1.807, 2.05) is 24.3 Å². The minimum absolute atomic E-state index is 0.0473. The molecule has 1 aliphatic rings. The molecule has 4 nitrogen and oxygen atoms in total. The SMILES string of the molecule is CNC(=O)c1ccc(CNCC2CCCO2)cc1. The van der Waals surface area contributed by atoms with E-state index in [1.165, 1.54) is 12.0 Å². The summed E-state index contributed by atoms with van der Waals surface area (Å²) in [6, 6.07) is 7.66. The lowest BCUT2D eigenvalue weighted by Gasteiger charge is -2.10. The number of hydrogen-bond donors (Lipinski definition) is 2. The van der Waals surface area contributed by atoms with Crippen molar-refractivity contribution in [3.8, 4) is 0 Å². The Balaban J connectivity index is 1.77. The number of ether oxygens (including phenoxy) is 1. The van der Waals surface area contributed by atoms with Gasteiger partial charge >= 0.3 is 0 Å². The van der Waals surface area contributed by atoms with Crippen LogP contribution in [-0.2, 0) is 11.3 Å². The summed E-state index contributed by atoms with van der Waals surface area (Å²) in [5.74, 6) is -0.0473. The second-order valence-electron chi connectivity index (χ2n) is 4.54. The fourth-order valence-corrected chi connectivity index (χ4v) is 2.10. The molecule has 2 rings (SSSR count). The third-order valence-electron chi connectivity index (χ3n) is 3.17. The van der Waals surface area contributed by atoms with E-state index < -0.39 is 0 Å². The van der Waals surface area contributed by atoms with Gasteiger partial charge in [-0.2, -0.15) is 0 Å². The first-order valence-corrected chi connectivity index (χ1v) is 6.43. The van der Waals surface area contributed by atoms with Gasteiger partial charge in [-0.3, -0.25) is 4.79 Å². The maximum absolute atomic E-state index is 11.4. The van der Waals surface area contributed by atoms with Crippen LogP contribution in [-0.4, -0.2) is 32.2 Å². The number of hydrogen-bond acceptors (Lipinski definition) is 3. The third-order valence-corrected chi connectivity index (χ3v) is 3.17. The highest BCUT2D eigenvalue weighted by Gasteiger charge is 2.14. The van der Waals surface area contributed by atoms with Crippen molar-refractivity contribution in [1.82, 2.24) is 10.6 Å². The summed E-state index contributed by atoms with van der Waals surface area (Å²) < 4.78 is 5.54. The van der Waals surface area contributed by atoms with Crippen molar-refractivity contribution in [2.24, 2.45) is 0 Å². The van der Waals surface area contributed by atoms with E-state index in [4.69, 9.17) is 4.74 Å². The topological polar surface area (TPSA) is 50.4 Å². The quantitative estimate of drug-likeness (QED) is 0.826. The molecule has 18 heavy (non-hydrogen) atoms. The number of amides is 1. The molecular weight excluding hydrogens is 228 g/mol. The average Bonchev–Trinajstić information content (AvgIpc) is 2.92. The van der Waals surface area contributed by atoms with Crippen LogP contribution in [0.5, 0.6) is 0 Å². The minimum atomic E-state index is -0.0473. The van der Waals surface area contributed by atoms with Gasteiger partial charge in [-0.1, -0.05) is 12.1 Å². The molecule has 0 saturated carbocycles. The van der Waals surface area contributed by atoms with Crippen molar-refractivity contribution < 1.29 is 9.53 Å². The van der Waals surface area contributed by atoms with Crippen LogP contribution in [0.2, 0.25) is 0 Å². The highest BCUT2D eigenvalue weighted by Crippen LogP contribution is 2.11. The van der Waals surface area contributed by atoms with Crippen molar-refractivity contribution in [2.75, 3.05) is 20.2 Å². The van der Waals surface area contributed by atoms with Crippen LogP contribution in [0.25, 0.3) is 0 Å². The molecular formula is C14H20N2O2. The Morgan fingerprint density at radius 3 is 2.78 bits per heavy atom. The highest BCUT2D eigenvalue weighted by atomic mass is 16.5. The summed E-state index contributed by atoms with van der Waals surface area (Å²) in [6.45, 7) is 2.61. The Kier molecular flexibility index (Phi) is 4.73. The summed E-state index contributed by atoms with van der Waals surface area (Å²) >= 11 is 0. The van der Waals surface area contributed by atoms with Crippen LogP contribution in [0.3, 0.4) is 0 Å². The summed E-state index contributed by atoms with van der Waals surface area (Å²) in [5, 5.41) is 5.99. The highest BCUT2D eigenvalue weighted by molar-refractivity contribution is 5.93. The molecule has 1 atom stereocenters. The molecule has 0 bridgehead atoms. The van der Waals surface area contributed by atoms with Gasteiger partial charge in [-0.05, 0) is 30.5 Å². The first kappa shape index (κ1) is 13.1. The van der Waals surface area contributed by atoms with E-state index in [1.54, 1.807) is 7.05 Å². The maximum Gasteiger partial charge on any atom is 0.251 e. The molecule has 0 spiro atoms. The van der Waals surface area contributed by atoms with Gasteiger partial charge in [0, 0.05) is 32.3 Å². The van der Waals surface area contributed by atoms with Crippen molar-refractivity contribution in [1.29, 1.82) is 0 Å². The van der Waals surface area contributed by atoms with E-state index in [9.17, 15) is 4.79 Å². The summed E-state index contributed by atoms with van der Waals surface area (Å²) in [5.41, 5.74) is 1.88. The van der Waals surface area contributed by atoms with Gasteiger partial charge in [0.25, 0.3) is 5.91 Å². The number of nitrogens with one attached hydrogen (secondary N) is 2. The van der Waals surface area contributed by atoms with Crippen molar-refractivity contribution in [3.05, 3.63) is 35.4 Å². The molecule has 1 fully saturated rings. The van der Waals surface area contributed by atoms with E-state index in [-0.39, 0.29) is 5.91 Å². The monoisotopic (exact) mass is 248 g/mol. The van der Waals surface area contributed by atoms with Gasteiger partial charge < -0.3 is 15.4 Å². The molecule has 1 unspecified atom stereocenters. The van der Waals surface area contributed by atoms with Gasteiger partial charge in [-0.15, -0.1) is 0 Å². The van der Waals surface area contributed by atoms with Gasteiger partial charge in [0.1, 0.15) is 0 Å². The molecule has 1 aromatic carbocycles. The van der Waals surface area contributed by atoms with Crippen LogP contribution in [0.4, 0.5) is 0 Å². The molecule has 1 saturated heterocycles. The predicted octanol–water partition coefficient (Wildman–Crippen LogP) is 1.31. The van der Waals surface area contributed by atoms with Gasteiger partial charge in [0.05, 0.1) is 6.10 Å². The number of rotatable bonds is 5. The standard InChI is InChI=1S/C14H20N2O2/c1-15-14(17)12-6-4-11(5-7-12)9-16-10-13-3-2-8-18-13/h4-7,13,16H,2-3,8-10H2,1H3,(H,15,17). The second-order valence-corrected chi connectivity index (χ2v) is 4.54. The number of carbonyl (C=O) groups excluding carboxylic acids is 1. The van der Waals surface area contributed by atoms with Crippen molar-refractivity contribution in [2.45, 2.75) is 25.5 Å².